The molecule has 0 atom stereocenters. The molecule has 126 valence electrons. The Morgan fingerprint density at radius 1 is 1.38 bits per heavy atom. The van der Waals surface area contributed by atoms with Gasteiger partial charge in [0.15, 0.2) is 18.1 Å². The Balaban J connectivity index is 3.24. The molecule has 1 rings (SSSR count). The van der Waals surface area contributed by atoms with Gasteiger partial charge in [-0.1, -0.05) is 0 Å². The third-order valence-corrected chi connectivity index (χ3v) is 3.30. The van der Waals surface area contributed by atoms with Crippen LogP contribution in [-0.2, 0) is 4.79 Å². The van der Waals surface area contributed by atoms with Crippen LogP contribution in [0.1, 0.15) is 26.3 Å². The first kappa shape index (κ1) is 19.5. The van der Waals surface area contributed by atoms with Crippen LogP contribution in [0, 0.1) is 22.7 Å². The van der Waals surface area contributed by atoms with Gasteiger partial charge in [0.1, 0.15) is 17.7 Å². The van der Waals surface area contributed by atoms with Crippen LogP contribution in [-0.4, -0.2) is 25.2 Å². The number of benzene rings is 1. The number of nitrogens with zero attached hydrogens (tertiary/aromatic N) is 2. The van der Waals surface area contributed by atoms with E-state index in [9.17, 15) is 10.1 Å². The number of rotatable bonds is 7. The fraction of sp³-hybridized carbons (Fsp3) is 0.353. The zero-order valence-corrected chi connectivity index (χ0v) is 15.3. The predicted molar refractivity (Wildman–Crippen MR) is 93.3 cm³/mol. The summed E-state index contributed by atoms with van der Waals surface area (Å²) in [5, 5.41) is 20.5. The average Bonchev–Trinajstić information content (AvgIpc) is 2.51. The second-order valence-corrected chi connectivity index (χ2v) is 5.86. The smallest absolute Gasteiger partial charge is 0.262 e. The molecule has 0 aliphatic carbocycles. The molecule has 0 fully saturated rings. The van der Waals surface area contributed by atoms with Gasteiger partial charge in [-0.25, -0.2) is 0 Å². The van der Waals surface area contributed by atoms with Crippen molar-refractivity contribution in [2.45, 2.75) is 26.8 Å². The molecule has 1 aromatic carbocycles. The number of nitriles is 2. The van der Waals surface area contributed by atoms with E-state index in [1.165, 1.54) is 6.08 Å². The lowest BCUT2D eigenvalue weighted by Crippen LogP contribution is -2.30. The fourth-order valence-corrected chi connectivity index (χ4v) is 2.41. The van der Waals surface area contributed by atoms with E-state index in [1.807, 2.05) is 32.9 Å². The highest BCUT2D eigenvalue weighted by molar-refractivity contribution is 9.10. The summed E-state index contributed by atoms with van der Waals surface area (Å²) in [7, 11) is 0. The molecule has 0 bridgehead atoms. The first-order valence-corrected chi connectivity index (χ1v) is 8.11. The Kier molecular flexibility index (Phi) is 7.81. The standard InChI is InChI=1S/C17H18BrN3O3/c1-4-23-15-9-12(8-14(18)16(15)24-6-5-19)7-13(10-20)17(22)21-11(2)3/h7-9,11H,4,6H2,1-3H3,(H,21,22)/b13-7-. The molecule has 0 aliphatic rings. The van der Waals surface area contributed by atoms with Gasteiger partial charge in [0.2, 0.25) is 0 Å². The molecule has 1 aromatic rings. The highest BCUT2D eigenvalue weighted by Crippen LogP contribution is 2.37. The molecule has 0 saturated heterocycles. The van der Waals surface area contributed by atoms with Crippen LogP contribution in [0.25, 0.3) is 6.08 Å². The molecule has 7 heteroatoms. The Morgan fingerprint density at radius 3 is 2.62 bits per heavy atom. The van der Waals surface area contributed by atoms with Crippen LogP contribution < -0.4 is 14.8 Å². The number of carbonyl (C=O) groups is 1. The molecule has 0 unspecified atom stereocenters. The van der Waals surface area contributed by atoms with Crippen LogP contribution in [0.3, 0.4) is 0 Å². The van der Waals surface area contributed by atoms with Gasteiger partial charge < -0.3 is 14.8 Å². The maximum atomic E-state index is 12.0. The SMILES string of the molecule is CCOc1cc(/C=C(/C#N)C(=O)NC(C)C)cc(Br)c1OCC#N. The molecule has 0 spiro atoms. The lowest BCUT2D eigenvalue weighted by molar-refractivity contribution is -0.117. The zero-order valence-electron chi connectivity index (χ0n) is 13.7. The van der Waals surface area contributed by atoms with Gasteiger partial charge in [-0.2, -0.15) is 10.5 Å². The number of hydrogen-bond donors (Lipinski definition) is 1. The Bertz CT molecular complexity index is 715. The van der Waals surface area contributed by atoms with Crippen molar-refractivity contribution in [1.82, 2.24) is 5.32 Å². The van der Waals surface area contributed by atoms with Gasteiger partial charge in [-0.15, -0.1) is 0 Å². The minimum Gasteiger partial charge on any atom is -0.490 e. The van der Waals surface area contributed by atoms with Crippen LogP contribution in [0.2, 0.25) is 0 Å². The van der Waals surface area contributed by atoms with Crippen molar-refractivity contribution in [3.05, 3.63) is 27.7 Å². The van der Waals surface area contributed by atoms with E-state index in [0.717, 1.165) is 0 Å². The van der Waals surface area contributed by atoms with Crippen molar-refractivity contribution in [3.8, 4) is 23.6 Å². The highest BCUT2D eigenvalue weighted by Gasteiger charge is 2.14. The zero-order chi connectivity index (χ0) is 18.1. The number of amides is 1. The van der Waals surface area contributed by atoms with Crippen molar-refractivity contribution in [1.29, 1.82) is 10.5 Å². The second-order valence-electron chi connectivity index (χ2n) is 5.01. The Labute approximate surface area is 149 Å². The lowest BCUT2D eigenvalue weighted by atomic mass is 10.1. The predicted octanol–water partition coefficient (Wildman–Crippen LogP) is 3.18. The van der Waals surface area contributed by atoms with E-state index in [4.69, 9.17) is 14.7 Å². The van der Waals surface area contributed by atoms with Crippen molar-refractivity contribution in [3.63, 3.8) is 0 Å². The summed E-state index contributed by atoms with van der Waals surface area (Å²) < 4.78 is 11.4. The first-order chi connectivity index (χ1) is 11.4. The van der Waals surface area contributed by atoms with E-state index < -0.39 is 5.91 Å². The molecule has 0 aliphatic heterocycles. The molecule has 1 N–H and O–H groups in total. The van der Waals surface area contributed by atoms with Crippen LogP contribution in [0.5, 0.6) is 11.5 Å². The summed E-state index contributed by atoms with van der Waals surface area (Å²) in [5.74, 6) is 0.391. The van der Waals surface area contributed by atoms with Crippen molar-refractivity contribution < 1.29 is 14.3 Å². The first-order valence-electron chi connectivity index (χ1n) is 7.31. The molecule has 24 heavy (non-hydrogen) atoms. The van der Waals surface area contributed by atoms with Crippen molar-refractivity contribution in [2.75, 3.05) is 13.2 Å². The van der Waals surface area contributed by atoms with Crippen molar-refractivity contribution >= 4 is 27.9 Å². The molecule has 0 radical (unpaired) electrons. The quantitative estimate of drug-likeness (QED) is 0.568. The van der Waals surface area contributed by atoms with E-state index in [1.54, 1.807) is 12.1 Å². The van der Waals surface area contributed by atoms with Gasteiger partial charge >= 0.3 is 0 Å². The largest absolute Gasteiger partial charge is 0.490 e. The number of nitrogens with one attached hydrogen (secondary N) is 1. The van der Waals surface area contributed by atoms with Crippen LogP contribution in [0.4, 0.5) is 0 Å². The Morgan fingerprint density at radius 2 is 2.08 bits per heavy atom. The van der Waals surface area contributed by atoms with Gasteiger partial charge in [-0.05, 0) is 60.5 Å². The molecule has 1 amide bonds. The van der Waals surface area contributed by atoms with Gasteiger partial charge in [-0.3, -0.25) is 4.79 Å². The molecule has 0 heterocycles. The summed E-state index contributed by atoms with van der Waals surface area (Å²) in [6.45, 7) is 5.74. The number of ether oxygens (including phenoxy) is 2. The molecular formula is C17H18BrN3O3. The summed E-state index contributed by atoms with van der Waals surface area (Å²) in [4.78, 5) is 12.0. The van der Waals surface area contributed by atoms with E-state index in [-0.39, 0.29) is 18.2 Å². The number of hydrogen-bond acceptors (Lipinski definition) is 5. The minimum absolute atomic E-state index is 0.0104. The van der Waals surface area contributed by atoms with Crippen molar-refractivity contribution in [2.24, 2.45) is 0 Å². The average molecular weight is 392 g/mol. The lowest BCUT2D eigenvalue weighted by Gasteiger charge is -2.13. The number of halogens is 1. The fourth-order valence-electron chi connectivity index (χ4n) is 1.83. The third kappa shape index (κ3) is 5.60. The summed E-state index contributed by atoms with van der Waals surface area (Å²) in [5.41, 5.74) is 0.592. The third-order valence-electron chi connectivity index (χ3n) is 2.71. The topological polar surface area (TPSA) is 95.1 Å². The molecule has 0 aromatic heterocycles. The minimum atomic E-state index is -0.439. The number of carbonyl (C=O) groups excluding carboxylic acids is 1. The molecular weight excluding hydrogens is 374 g/mol. The van der Waals surface area contributed by atoms with Gasteiger partial charge in [0.05, 0.1) is 11.1 Å². The Hall–Kier alpha value is -2.51. The maximum absolute atomic E-state index is 12.0. The van der Waals surface area contributed by atoms with Crippen LogP contribution >= 0.6 is 15.9 Å². The van der Waals surface area contributed by atoms with Gasteiger partial charge in [0.25, 0.3) is 5.91 Å². The van der Waals surface area contributed by atoms with E-state index in [0.29, 0.717) is 28.1 Å². The normalized spacial score (nSPS) is 10.7. The summed E-state index contributed by atoms with van der Waals surface area (Å²) >= 11 is 3.36. The van der Waals surface area contributed by atoms with E-state index in [2.05, 4.69) is 21.2 Å². The monoisotopic (exact) mass is 391 g/mol. The second kappa shape index (κ2) is 9.59. The molecule has 6 nitrogen and oxygen atoms in total. The molecule has 0 saturated carbocycles. The van der Waals surface area contributed by atoms with Crippen LogP contribution in [0.15, 0.2) is 22.2 Å². The van der Waals surface area contributed by atoms with Gasteiger partial charge in [0, 0.05) is 6.04 Å². The van der Waals surface area contributed by atoms with E-state index >= 15 is 0 Å². The maximum Gasteiger partial charge on any atom is 0.262 e. The highest BCUT2D eigenvalue weighted by atomic mass is 79.9. The summed E-state index contributed by atoms with van der Waals surface area (Å²) in [6, 6.07) is 7.06. The summed E-state index contributed by atoms with van der Waals surface area (Å²) in [6.07, 6.45) is 1.47.